The van der Waals surface area contributed by atoms with Gasteiger partial charge in [0, 0.05) is 5.92 Å². The molecule has 0 saturated heterocycles. The van der Waals surface area contributed by atoms with Crippen LogP contribution in [0.4, 0.5) is 0 Å². The molecule has 1 aliphatic carbocycles. The Morgan fingerprint density at radius 2 is 1.83 bits per heavy atom. The monoisotopic (exact) mass is 230 g/mol. The second-order valence-corrected chi connectivity index (χ2v) is 6.00. The van der Waals surface area contributed by atoms with Crippen LogP contribution in [0.15, 0.2) is 0 Å². The first-order chi connectivity index (χ1) is 5.41. The molecule has 1 aliphatic rings. The first-order valence-corrected chi connectivity index (χ1v) is 5.29. The predicted molar refractivity (Wildman–Crippen MR) is 52.8 cm³/mol. The number of alkyl halides is 3. The van der Waals surface area contributed by atoms with Crippen LogP contribution in [0.3, 0.4) is 0 Å². The van der Waals surface area contributed by atoms with Crippen LogP contribution in [0.25, 0.3) is 0 Å². The quantitative estimate of drug-likeness (QED) is 0.635. The van der Waals surface area contributed by atoms with Crippen LogP contribution in [0.5, 0.6) is 0 Å². The van der Waals surface area contributed by atoms with Gasteiger partial charge in [-0.3, -0.25) is 0 Å². The number of hydrogen-bond acceptors (Lipinski definition) is 1. The minimum atomic E-state index is -1.31. The van der Waals surface area contributed by atoms with Gasteiger partial charge < -0.3 is 5.11 Å². The number of rotatable bonds is 0. The van der Waals surface area contributed by atoms with E-state index in [-0.39, 0.29) is 5.92 Å². The Labute approximate surface area is 88.0 Å². The molecule has 1 N–H and O–H groups in total. The van der Waals surface area contributed by atoms with Gasteiger partial charge in [0.25, 0.3) is 0 Å². The van der Waals surface area contributed by atoms with Crippen LogP contribution < -0.4 is 0 Å². The zero-order chi connectivity index (χ0) is 9.35. The van der Waals surface area contributed by atoms with E-state index in [4.69, 9.17) is 34.8 Å². The van der Waals surface area contributed by atoms with Gasteiger partial charge >= 0.3 is 0 Å². The standard InChI is InChI=1S/C8H13Cl3O/c1-5-2-3-6(7(12)4-5)8(9,10)11/h5-7,12H,2-4H2,1H3. The van der Waals surface area contributed by atoms with Crippen molar-refractivity contribution in [3.8, 4) is 0 Å². The largest absolute Gasteiger partial charge is 0.393 e. The average Bonchev–Trinajstić information content (AvgIpc) is 1.83. The summed E-state index contributed by atoms with van der Waals surface area (Å²) in [5, 5.41) is 9.62. The Hall–Kier alpha value is 0.830. The van der Waals surface area contributed by atoms with Crippen molar-refractivity contribution in [3.05, 3.63) is 0 Å². The van der Waals surface area contributed by atoms with Crippen molar-refractivity contribution in [1.29, 1.82) is 0 Å². The van der Waals surface area contributed by atoms with Crippen molar-refractivity contribution in [2.24, 2.45) is 11.8 Å². The van der Waals surface area contributed by atoms with Crippen LogP contribution in [-0.4, -0.2) is 15.0 Å². The van der Waals surface area contributed by atoms with Gasteiger partial charge in [0.2, 0.25) is 0 Å². The molecular weight excluding hydrogens is 218 g/mol. The smallest absolute Gasteiger partial charge is 0.195 e. The lowest BCUT2D eigenvalue weighted by molar-refractivity contribution is 0.0508. The molecule has 1 saturated carbocycles. The maximum Gasteiger partial charge on any atom is 0.195 e. The Morgan fingerprint density at radius 1 is 1.25 bits per heavy atom. The summed E-state index contributed by atoms with van der Waals surface area (Å²) in [4.78, 5) is 0. The Bertz CT molecular complexity index is 155. The van der Waals surface area contributed by atoms with Gasteiger partial charge in [-0.05, 0) is 18.8 Å². The molecule has 1 fully saturated rings. The zero-order valence-corrected chi connectivity index (χ0v) is 9.20. The van der Waals surface area contributed by atoms with E-state index in [2.05, 4.69) is 6.92 Å². The van der Waals surface area contributed by atoms with Gasteiger partial charge in [-0.1, -0.05) is 48.1 Å². The van der Waals surface area contributed by atoms with E-state index in [9.17, 15) is 5.11 Å². The third-order valence-electron chi connectivity index (χ3n) is 2.50. The van der Waals surface area contributed by atoms with Gasteiger partial charge in [0.1, 0.15) is 0 Å². The molecule has 1 nitrogen and oxygen atoms in total. The van der Waals surface area contributed by atoms with E-state index in [1.807, 2.05) is 0 Å². The van der Waals surface area contributed by atoms with Crippen molar-refractivity contribution >= 4 is 34.8 Å². The van der Waals surface area contributed by atoms with Gasteiger partial charge in [0.15, 0.2) is 3.79 Å². The summed E-state index contributed by atoms with van der Waals surface area (Å²) >= 11 is 17.2. The summed E-state index contributed by atoms with van der Waals surface area (Å²) in [5.74, 6) is 0.349. The molecule has 0 amide bonds. The number of hydrogen-bond donors (Lipinski definition) is 1. The van der Waals surface area contributed by atoms with E-state index < -0.39 is 9.90 Å². The lowest BCUT2D eigenvalue weighted by Crippen LogP contribution is -2.36. The molecule has 0 aromatic carbocycles. The van der Waals surface area contributed by atoms with E-state index >= 15 is 0 Å². The average molecular weight is 232 g/mol. The summed E-state index contributed by atoms with van der Waals surface area (Å²) in [6.45, 7) is 2.11. The molecule has 3 unspecified atom stereocenters. The van der Waals surface area contributed by atoms with Crippen LogP contribution in [0.2, 0.25) is 0 Å². The van der Waals surface area contributed by atoms with Crippen molar-refractivity contribution in [2.45, 2.75) is 36.1 Å². The molecule has 0 radical (unpaired) electrons. The summed E-state index contributed by atoms with van der Waals surface area (Å²) in [6.07, 6.45) is 2.13. The van der Waals surface area contributed by atoms with Gasteiger partial charge in [-0.15, -0.1) is 0 Å². The lowest BCUT2D eigenvalue weighted by atomic mass is 9.81. The molecule has 4 heteroatoms. The summed E-state index contributed by atoms with van der Waals surface area (Å²) in [7, 11) is 0. The summed E-state index contributed by atoms with van der Waals surface area (Å²) in [6, 6.07) is 0. The van der Waals surface area contributed by atoms with Gasteiger partial charge in [-0.2, -0.15) is 0 Å². The molecule has 0 bridgehead atoms. The highest BCUT2D eigenvalue weighted by Crippen LogP contribution is 2.44. The highest BCUT2D eigenvalue weighted by atomic mass is 35.6. The highest BCUT2D eigenvalue weighted by molar-refractivity contribution is 6.67. The molecule has 1 rings (SSSR count). The normalized spacial score (nSPS) is 38.2. The molecule has 0 aliphatic heterocycles. The first kappa shape index (κ1) is 10.9. The lowest BCUT2D eigenvalue weighted by Gasteiger charge is -2.35. The fraction of sp³-hybridized carbons (Fsp3) is 1.00. The van der Waals surface area contributed by atoms with E-state index in [0.29, 0.717) is 5.92 Å². The van der Waals surface area contributed by atoms with Crippen LogP contribution in [0.1, 0.15) is 26.2 Å². The molecule has 0 spiro atoms. The minimum absolute atomic E-state index is 0.196. The third-order valence-corrected chi connectivity index (χ3v) is 3.34. The van der Waals surface area contributed by atoms with Crippen LogP contribution in [-0.2, 0) is 0 Å². The van der Waals surface area contributed by atoms with Crippen LogP contribution in [0, 0.1) is 11.8 Å². The van der Waals surface area contributed by atoms with Crippen molar-refractivity contribution in [3.63, 3.8) is 0 Å². The molecular formula is C8H13Cl3O. The molecule has 0 aromatic rings. The SMILES string of the molecule is CC1CCC(C(Cl)(Cl)Cl)C(O)C1. The second-order valence-electron chi connectivity index (χ2n) is 3.63. The number of aliphatic hydroxyl groups is 1. The molecule has 72 valence electrons. The molecule has 3 atom stereocenters. The highest BCUT2D eigenvalue weighted by Gasteiger charge is 2.40. The minimum Gasteiger partial charge on any atom is -0.393 e. The topological polar surface area (TPSA) is 20.2 Å². The van der Waals surface area contributed by atoms with E-state index in [0.717, 1.165) is 19.3 Å². The third kappa shape index (κ3) is 2.66. The van der Waals surface area contributed by atoms with E-state index in [1.54, 1.807) is 0 Å². The fourth-order valence-electron chi connectivity index (χ4n) is 1.73. The Kier molecular flexibility index (Phi) is 3.56. The van der Waals surface area contributed by atoms with Crippen molar-refractivity contribution in [2.75, 3.05) is 0 Å². The van der Waals surface area contributed by atoms with Gasteiger partial charge in [-0.25, -0.2) is 0 Å². The zero-order valence-electron chi connectivity index (χ0n) is 6.93. The Morgan fingerprint density at radius 3 is 2.25 bits per heavy atom. The second kappa shape index (κ2) is 3.91. The Balaban J connectivity index is 2.57. The fourth-order valence-corrected chi connectivity index (χ4v) is 2.50. The molecule has 12 heavy (non-hydrogen) atoms. The molecule has 0 aromatic heterocycles. The summed E-state index contributed by atoms with van der Waals surface area (Å²) < 4.78 is -1.31. The predicted octanol–water partition coefficient (Wildman–Crippen LogP) is 3.15. The maximum absolute atomic E-state index is 9.62. The van der Waals surface area contributed by atoms with Crippen molar-refractivity contribution < 1.29 is 5.11 Å². The van der Waals surface area contributed by atoms with Gasteiger partial charge in [0.05, 0.1) is 6.10 Å². The van der Waals surface area contributed by atoms with Crippen LogP contribution >= 0.6 is 34.8 Å². The number of aliphatic hydroxyl groups excluding tert-OH is 1. The number of halogens is 3. The molecule has 0 heterocycles. The first-order valence-electron chi connectivity index (χ1n) is 4.16. The summed E-state index contributed by atoms with van der Waals surface area (Å²) in [5.41, 5.74) is 0. The van der Waals surface area contributed by atoms with Crippen molar-refractivity contribution in [1.82, 2.24) is 0 Å². The maximum atomic E-state index is 9.62. The van der Waals surface area contributed by atoms with E-state index in [1.165, 1.54) is 0 Å².